The van der Waals surface area contributed by atoms with Gasteiger partial charge in [0.1, 0.15) is 12.1 Å². The molecule has 2 aliphatic rings. The highest BCUT2D eigenvalue weighted by molar-refractivity contribution is 7.85. The minimum Gasteiger partial charge on any atom is -0.332 e. The van der Waals surface area contributed by atoms with E-state index in [1.165, 1.54) is 4.90 Å². The molecule has 0 aliphatic carbocycles. The van der Waals surface area contributed by atoms with Crippen molar-refractivity contribution in [3.8, 4) is 0 Å². The maximum absolute atomic E-state index is 12.7. The Labute approximate surface area is 126 Å². The molecule has 2 saturated heterocycles. The summed E-state index contributed by atoms with van der Waals surface area (Å²) in [6.45, 7) is 0.418. The molecular weight excluding hydrogens is 288 g/mol. The third-order valence-corrected chi connectivity index (χ3v) is 5.55. The summed E-state index contributed by atoms with van der Waals surface area (Å²) >= 11 is 0. The van der Waals surface area contributed by atoms with Gasteiger partial charge >= 0.3 is 0 Å². The van der Waals surface area contributed by atoms with Crippen LogP contribution in [0.4, 0.5) is 0 Å². The molecule has 3 atom stereocenters. The number of carbonyl (C=O) groups excluding carboxylic acids is 2. The number of fused-ring (bicyclic) bond motifs is 1. The lowest BCUT2D eigenvalue weighted by molar-refractivity contribution is -0.159. The first-order valence-electron chi connectivity index (χ1n) is 7.04. The van der Waals surface area contributed by atoms with Crippen LogP contribution in [0.25, 0.3) is 0 Å². The third kappa shape index (κ3) is 2.60. The van der Waals surface area contributed by atoms with Gasteiger partial charge < -0.3 is 9.80 Å². The highest BCUT2D eigenvalue weighted by Crippen LogP contribution is 2.23. The highest BCUT2D eigenvalue weighted by Gasteiger charge is 2.46. The number of amides is 2. The van der Waals surface area contributed by atoms with Crippen LogP contribution in [0.1, 0.15) is 5.56 Å². The second kappa shape index (κ2) is 5.60. The van der Waals surface area contributed by atoms with Gasteiger partial charge in [0.2, 0.25) is 11.8 Å². The van der Waals surface area contributed by atoms with Crippen molar-refractivity contribution in [2.45, 2.75) is 18.5 Å². The summed E-state index contributed by atoms with van der Waals surface area (Å²) in [4.78, 5) is 28.3. The van der Waals surface area contributed by atoms with Gasteiger partial charge in [-0.2, -0.15) is 0 Å². The monoisotopic (exact) mass is 306 g/mol. The minimum absolute atomic E-state index is 0.0253. The second-order valence-electron chi connectivity index (χ2n) is 5.51. The number of benzene rings is 1. The zero-order chi connectivity index (χ0) is 15.0. The zero-order valence-corrected chi connectivity index (χ0v) is 12.7. The SMILES string of the molecule is CN1C(=O)C2CS(=O)CCN2C(=O)C1Cc1ccccc1. The molecule has 2 fully saturated rings. The fourth-order valence-corrected chi connectivity index (χ4v) is 4.22. The van der Waals surface area contributed by atoms with Crippen LogP contribution < -0.4 is 0 Å². The maximum Gasteiger partial charge on any atom is 0.246 e. The quantitative estimate of drug-likeness (QED) is 0.774. The predicted molar refractivity (Wildman–Crippen MR) is 80.1 cm³/mol. The summed E-state index contributed by atoms with van der Waals surface area (Å²) in [5, 5.41) is 0. The van der Waals surface area contributed by atoms with E-state index in [0.717, 1.165) is 5.56 Å². The van der Waals surface area contributed by atoms with Crippen molar-refractivity contribution in [3.05, 3.63) is 35.9 Å². The predicted octanol–water partition coefficient (Wildman–Crippen LogP) is 0.0292. The van der Waals surface area contributed by atoms with Gasteiger partial charge in [-0.25, -0.2) is 0 Å². The Kier molecular flexibility index (Phi) is 3.80. The average Bonchev–Trinajstić information content (AvgIpc) is 2.50. The first-order valence-corrected chi connectivity index (χ1v) is 8.53. The van der Waals surface area contributed by atoms with E-state index in [9.17, 15) is 13.8 Å². The van der Waals surface area contributed by atoms with E-state index in [0.29, 0.717) is 18.7 Å². The largest absolute Gasteiger partial charge is 0.332 e. The fraction of sp³-hybridized carbons (Fsp3) is 0.467. The summed E-state index contributed by atoms with van der Waals surface area (Å²) in [6.07, 6.45) is 0.522. The molecule has 0 aromatic heterocycles. The van der Waals surface area contributed by atoms with E-state index in [-0.39, 0.29) is 17.6 Å². The van der Waals surface area contributed by atoms with E-state index in [1.54, 1.807) is 11.9 Å². The van der Waals surface area contributed by atoms with Crippen molar-refractivity contribution in [3.63, 3.8) is 0 Å². The molecule has 0 radical (unpaired) electrons. The number of rotatable bonds is 2. The van der Waals surface area contributed by atoms with Crippen LogP contribution >= 0.6 is 0 Å². The van der Waals surface area contributed by atoms with Gasteiger partial charge in [0.05, 0.1) is 5.75 Å². The van der Waals surface area contributed by atoms with Gasteiger partial charge in [-0.1, -0.05) is 30.3 Å². The molecule has 112 valence electrons. The number of nitrogens with zero attached hydrogens (tertiary/aromatic N) is 2. The summed E-state index contributed by atoms with van der Waals surface area (Å²) in [5.41, 5.74) is 1.04. The molecule has 21 heavy (non-hydrogen) atoms. The standard InChI is InChI=1S/C15H18N2O3S/c1-16-12(9-11-5-3-2-4-6-11)15(19)17-7-8-21(20)10-13(17)14(16)18/h2-6,12-13H,7-10H2,1H3. The summed E-state index contributed by atoms with van der Waals surface area (Å²) in [7, 11) is 0.670. The molecule has 0 bridgehead atoms. The lowest BCUT2D eigenvalue weighted by Gasteiger charge is -2.45. The topological polar surface area (TPSA) is 57.7 Å². The Morgan fingerprint density at radius 2 is 1.90 bits per heavy atom. The van der Waals surface area contributed by atoms with Crippen LogP contribution in [0.2, 0.25) is 0 Å². The van der Waals surface area contributed by atoms with Crippen LogP contribution in [0, 0.1) is 0 Å². The van der Waals surface area contributed by atoms with Crippen LogP contribution in [-0.4, -0.2) is 63.0 Å². The second-order valence-corrected chi connectivity index (χ2v) is 7.13. The summed E-state index contributed by atoms with van der Waals surface area (Å²) < 4.78 is 11.7. The van der Waals surface area contributed by atoms with Crippen molar-refractivity contribution in [2.24, 2.45) is 0 Å². The molecule has 5 nitrogen and oxygen atoms in total. The molecule has 3 rings (SSSR count). The molecule has 1 aromatic rings. The minimum atomic E-state index is -1.000. The van der Waals surface area contributed by atoms with Crippen molar-refractivity contribution in [1.29, 1.82) is 0 Å². The normalized spacial score (nSPS) is 29.5. The number of likely N-dealkylation sites (N-methyl/N-ethyl adjacent to an activating group) is 1. The zero-order valence-electron chi connectivity index (χ0n) is 11.9. The number of piperazine rings is 1. The average molecular weight is 306 g/mol. The smallest absolute Gasteiger partial charge is 0.246 e. The van der Waals surface area contributed by atoms with E-state index >= 15 is 0 Å². The number of carbonyl (C=O) groups is 2. The van der Waals surface area contributed by atoms with E-state index in [2.05, 4.69) is 0 Å². The molecule has 3 unspecified atom stereocenters. The molecule has 2 aliphatic heterocycles. The Hall–Kier alpha value is -1.69. The number of hydrogen-bond donors (Lipinski definition) is 0. The molecule has 2 amide bonds. The van der Waals surface area contributed by atoms with Crippen molar-refractivity contribution < 1.29 is 13.8 Å². The van der Waals surface area contributed by atoms with Gasteiger partial charge in [0, 0.05) is 36.6 Å². The van der Waals surface area contributed by atoms with Gasteiger partial charge in [-0.15, -0.1) is 0 Å². The molecular formula is C15H18N2O3S. The van der Waals surface area contributed by atoms with Crippen LogP contribution in [0.15, 0.2) is 30.3 Å². The molecule has 6 heteroatoms. The lowest BCUT2D eigenvalue weighted by Crippen LogP contribution is -2.67. The summed E-state index contributed by atoms with van der Waals surface area (Å²) in [6, 6.07) is 8.71. The first kappa shape index (κ1) is 14.3. The van der Waals surface area contributed by atoms with Crippen LogP contribution in [0.3, 0.4) is 0 Å². The van der Waals surface area contributed by atoms with Crippen molar-refractivity contribution in [1.82, 2.24) is 9.80 Å². The molecule has 0 spiro atoms. The Balaban J connectivity index is 1.84. The maximum atomic E-state index is 12.7. The first-order chi connectivity index (χ1) is 10.1. The Morgan fingerprint density at radius 3 is 2.62 bits per heavy atom. The lowest BCUT2D eigenvalue weighted by atomic mass is 9.99. The van der Waals surface area contributed by atoms with Gasteiger partial charge in [-0.05, 0) is 5.56 Å². The molecule has 0 saturated carbocycles. The Morgan fingerprint density at radius 1 is 1.19 bits per heavy atom. The number of hydrogen-bond acceptors (Lipinski definition) is 3. The van der Waals surface area contributed by atoms with Crippen molar-refractivity contribution in [2.75, 3.05) is 25.1 Å². The molecule has 1 aromatic carbocycles. The molecule has 0 N–H and O–H groups in total. The van der Waals surface area contributed by atoms with Gasteiger partial charge in [0.25, 0.3) is 0 Å². The van der Waals surface area contributed by atoms with Crippen LogP contribution in [-0.2, 0) is 26.8 Å². The van der Waals surface area contributed by atoms with E-state index in [1.807, 2.05) is 30.3 Å². The fourth-order valence-electron chi connectivity index (χ4n) is 2.98. The third-order valence-electron chi connectivity index (χ3n) is 4.22. The summed E-state index contributed by atoms with van der Waals surface area (Å²) in [5.74, 6) is 0.621. The van der Waals surface area contributed by atoms with E-state index in [4.69, 9.17) is 0 Å². The van der Waals surface area contributed by atoms with Crippen molar-refractivity contribution >= 4 is 22.6 Å². The highest BCUT2D eigenvalue weighted by atomic mass is 32.2. The van der Waals surface area contributed by atoms with Gasteiger partial charge in [0.15, 0.2) is 0 Å². The molecule has 2 heterocycles. The van der Waals surface area contributed by atoms with Crippen LogP contribution in [0.5, 0.6) is 0 Å². The Bertz CT molecular complexity index is 590. The van der Waals surface area contributed by atoms with Gasteiger partial charge in [-0.3, -0.25) is 13.8 Å². The van der Waals surface area contributed by atoms with E-state index < -0.39 is 22.9 Å².